The Kier molecular flexibility index (Phi) is 19.4. The zero-order valence-electron chi connectivity index (χ0n) is 53.1. The molecule has 0 bridgehead atoms. The predicted octanol–water partition coefficient (Wildman–Crippen LogP) is 22.7. The van der Waals surface area contributed by atoms with Crippen LogP contribution in [0.1, 0.15) is 64.4 Å². The Balaban J connectivity index is 3.07. The van der Waals surface area contributed by atoms with E-state index < -0.39 is 110 Å². The Morgan fingerprint density at radius 2 is 0.362 bits per heavy atom. The van der Waals surface area contributed by atoms with Crippen molar-refractivity contribution in [1.29, 1.82) is 0 Å². The summed E-state index contributed by atoms with van der Waals surface area (Å²) in [5, 5.41) is 8.49. The van der Waals surface area contributed by atoms with Crippen molar-refractivity contribution in [2.75, 3.05) is 0 Å². The third-order valence-corrected chi connectivity index (χ3v) is 82.0. The maximum Gasteiger partial charge on any atom is 0.0493 e. The van der Waals surface area contributed by atoms with Crippen LogP contribution in [0.5, 0.6) is 0 Å². The first kappa shape index (κ1) is 65.1. The van der Waals surface area contributed by atoms with Crippen LogP contribution in [-0.4, -0.2) is 96.9 Å². The van der Waals surface area contributed by atoms with Crippen molar-refractivity contribution in [3.63, 3.8) is 0 Å². The molecule has 0 nitrogen and oxygen atoms in total. The summed E-state index contributed by atoms with van der Waals surface area (Å²) in [6.45, 7) is 99.6. The second-order valence-corrected chi connectivity index (χ2v) is 113. The molecule has 0 spiro atoms. The highest BCUT2D eigenvalue weighted by Gasteiger charge is 2.51. The van der Waals surface area contributed by atoms with Gasteiger partial charge in [-0.1, -0.05) is 271 Å². The minimum atomic E-state index is -1.68. The van der Waals surface area contributed by atoms with Crippen LogP contribution in [0.15, 0.2) is 24.3 Å². The molecule has 0 radical (unpaired) electrons. The smallest absolute Gasteiger partial charge is 0.0493 e. The average molecular weight is 1200 g/mol. The van der Waals surface area contributed by atoms with Gasteiger partial charge in [-0.25, -0.2) is 0 Å². The number of hydrogen-bond acceptors (Lipinski definition) is 1. The van der Waals surface area contributed by atoms with Crippen LogP contribution >= 0.6 is 23.3 Å². The highest BCUT2D eigenvalue weighted by atomic mass is 33.1. The Morgan fingerprint density at radius 3 is 0.478 bits per heavy atom. The summed E-state index contributed by atoms with van der Waals surface area (Å²) in [7, 11) is -17.2. The van der Waals surface area contributed by atoms with E-state index in [1.807, 2.05) is 32.9 Å². The lowest BCUT2D eigenvalue weighted by Gasteiger charge is -2.46. The molecule has 0 aliphatic heterocycles. The van der Waals surface area contributed by atoms with Crippen LogP contribution in [0, 0.1) is 0 Å². The largest absolute Gasteiger partial charge is 0.0886 e. The first-order valence-electron chi connectivity index (χ1n) is 27.5. The molecule has 0 N–H and O–H groups in total. The van der Waals surface area contributed by atoms with Crippen LogP contribution in [0.25, 0.3) is 10.6 Å². The minimum absolute atomic E-state index is 0.392. The Labute approximate surface area is 451 Å². The molecular formula is C54H118P2SSi12. The molecule has 15 heteroatoms. The highest BCUT2D eigenvalue weighted by molar-refractivity contribution is 8.64. The molecule has 0 saturated carbocycles. The van der Waals surface area contributed by atoms with Gasteiger partial charge in [-0.05, 0) is 64.4 Å². The van der Waals surface area contributed by atoms with Crippen LogP contribution in [0.2, 0.25) is 236 Å². The lowest BCUT2D eigenvalue weighted by molar-refractivity contribution is 1.09. The van der Waals surface area contributed by atoms with Gasteiger partial charge in [-0.15, -0.1) is 0 Å². The van der Waals surface area contributed by atoms with Crippen LogP contribution in [0.3, 0.4) is 0 Å². The Bertz CT molecular complexity index is 1890. The van der Waals surface area contributed by atoms with Gasteiger partial charge in [0, 0.05) is 120 Å². The van der Waals surface area contributed by atoms with Gasteiger partial charge in [0.1, 0.15) is 0 Å². The maximum atomic E-state index is 3.04. The standard InChI is InChI=1S/C54H118P2SSi12/c1-58(2,3)49(59(4,5)6)41-37-43(51(62(13,14)15)63(16,17)18)47(44(38-41)52(64(19,20)21)65(22,23)24)55-56(57-55)48-45(53(66(25,26)27)67(28,29)30)39-42(50(60(7,8)9)61(10,11)12)40-46(48)54(68(31,32)33)69(34,35)36/h37-40,49-54H,1-36H3. The summed E-state index contributed by atoms with van der Waals surface area (Å²) < 4.78 is 0. The van der Waals surface area contributed by atoms with Crippen molar-refractivity contribution in [1.82, 2.24) is 0 Å². The average Bonchev–Trinajstić information content (AvgIpc) is 3.71. The van der Waals surface area contributed by atoms with Gasteiger partial charge in [-0.3, -0.25) is 0 Å². The van der Waals surface area contributed by atoms with Crippen molar-refractivity contribution in [3.05, 3.63) is 57.6 Å². The van der Waals surface area contributed by atoms with E-state index in [9.17, 15) is 0 Å². The third kappa shape index (κ3) is 15.5. The van der Waals surface area contributed by atoms with Gasteiger partial charge in [0.15, 0.2) is 0 Å². The molecule has 3 aromatic rings. The van der Waals surface area contributed by atoms with E-state index in [-0.39, 0.29) is 0 Å². The molecular weight excluding hydrogens is 1080 g/mol. The van der Waals surface area contributed by atoms with Crippen LogP contribution in [-0.2, 0) is 0 Å². The van der Waals surface area contributed by atoms with Crippen molar-refractivity contribution in [2.45, 2.75) is 267 Å². The third-order valence-electron chi connectivity index (χ3n) is 15.4. The van der Waals surface area contributed by atoms with Gasteiger partial charge in [0.2, 0.25) is 0 Å². The molecule has 0 aliphatic carbocycles. The number of benzene rings is 2. The fourth-order valence-electron chi connectivity index (χ4n) is 16.9. The van der Waals surface area contributed by atoms with Gasteiger partial charge in [0.25, 0.3) is 0 Å². The zero-order valence-corrected chi connectivity index (χ0v) is 67.7. The zero-order chi connectivity index (χ0) is 54.8. The lowest BCUT2D eigenvalue weighted by atomic mass is 10.1. The summed E-state index contributed by atoms with van der Waals surface area (Å²) >= 11 is 0. The quantitative estimate of drug-likeness (QED) is 0.0989. The Hall–Kier alpha value is 1.86. The van der Waals surface area contributed by atoms with E-state index in [0.29, 0.717) is 0 Å². The summed E-state index contributed by atoms with van der Waals surface area (Å²) in [4.78, 5) is 0. The second kappa shape index (κ2) is 20.6. The van der Waals surface area contributed by atoms with E-state index >= 15 is 0 Å². The normalized spacial score (nSPS) is 16.0. The highest BCUT2D eigenvalue weighted by Crippen LogP contribution is 2.84. The molecule has 0 fully saturated rings. The summed E-state index contributed by atoms with van der Waals surface area (Å²) in [6, 6.07) is 12.2. The molecule has 69 heavy (non-hydrogen) atoms. The SMILES string of the molecule is C[Si](C)(C)C(c1cc(C([Si](C)(C)C)[Si](C)(C)C)c(-p2sp2-c2c(C([Si](C)(C)C)[Si](C)(C)C)cc(C([Si](C)(C)C)[Si](C)(C)C)cc2C([Si](C)(C)C)[Si](C)(C)C)c(C([Si](C)(C)C)[Si](C)(C)C)c1)[Si](C)(C)C. The molecule has 0 saturated heterocycles. The van der Waals surface area contributed by atoms with Crippen LogP contribution < -0.4 is 0 Å². The molecule has 0 aliphatic rings. The van der Waals surface area contributed by atoms with Crippen LogP contribution in [0.4, 0.5) is 0 Å². The monoisotopic (exact) mass is 1200 g/mol. The molecule has 2 atom stereocenters. The molecule has 1 aromatic heterocycles. The van der Waals surface area contributed by atoms with E-state index in [4.69, 9.17) is 0 Å². The van der Waals surface area contributed by atoms with E-state index in [2.05, 4.69) is 271 Å². The van der Waals surface area contributed by atoms with E-state index in [1.54, 1.807) is 11.1 Å². The predicted molar refractivity (Wildman–Crippen MR) is 369 cm³/mol. The molecule has 3 rings (SSSR count). The number of rotatable bonds is 20. The second-order valence-electron chi connectivity index (χ2n) is 35.7. The molecule has 2 unspecified atom stereocenters. The first-order valence-corrected chi connectivity index (χ1v) is 75.9. The topological polar surface area (TPSA) is 0 Å². The van der Waals surface area contributed by atoms with E-state index in [1.165, 1.54) is 0 Å². The van der Waals surface area contributed by atoms with Gasteiger partial charge < -0.3 is 0 Å². The number of hydrogen-bond donors (Lipinski definition) is 0. The molecule has 1 heterocycles. The molecule has 0 amide bonds. The van der Waals surface area contributed by atoms with Crippen molar-refractivity contribution >= 4 is 120 Å². The van der Waals surface area contributed by atoms with Crippen molar-refractivity contribution in [3.8, 4) is 10.6 Å². The van der Waals surface area contributed by atoms with Crippen molar-refractivity contribution in [2.24, 2.45) is 0 Å². The maximum absolute atomic E-state index is 3.04. The molecule has 398 valence electrons. The Morgan fingerprint density at radius 1 is 0.232 bits per heavy atom. The van der Waals surface area contributed by atoms with Crippen molar-refractivity contribution < 1.29 is 0 Å². The summed E-state index contributed by atoms with van der Waals surface area (Å²) in [6.07, 6.45) is -0.783. The van der Waals surface area contributed by atoms with Gasteiger partial charge >= 0.3 is 0 Å². The summed E-state index contributed by atoms with van der Waals surface area (Å²) in [5.74, 6) is 0. The van der Waals surface area contributed by atoms with Gasteiger partial charge in [-0.2, -0.15) is 0 Å². The fourth-order valence-corrected chi connectivity index (χ4v) is 107. The minimum Gasteiger partial charge on any atom is -0.0886 e. The first-order chi connectivity index (χ1) is 29.9. The molecule has 2 aromatic carbocycles. The fraction of sp³-hybridized carbons (Fsp3) is 0.778. The van der Waals surface area contributed by atoms with E-state index in [0.717, 1.165) is 31.0 Å². The van der Waals surface area contributed by atoms with Gasteiger partial charge in [0.05, 0.1) is 0 Å². The summed E-state index contributed by atoms with van der Waals surface area (Å²) in [5.41, 5.74) is 11.3. The lowest BCUT2D eigenvalue weighted by Crippen LogP contribution is -2.49.